The lowest BCUT2D eigenvalue weighted by Gasteiger charge is -2.31. The van der Waals surface area contributed by atoms with Crippen LogP contribution in [-0.2, 0) is 4.74 Å². The summed E-state index contributed by atoms with van der Waals surface area (Å²) in [6.07, 6.45) is 6.16. The zero-order valence-corrected chi connectivity index (χ0v) is 10.7. The molecule has 0 spiro atoms. The van der Waals surface area contributed by atoms with Gasteiger partial charge in [-0.2, -0.15) is 0 Å². The minimum absolute atomic E-state index is 0.360. The van der Waals surface area contributed by atoms with Crippen molar-refractivity contribution in [2.45, 2.75) is 45.1 Å². The Morgan fingerprint density at radius 1 is 1.31 bits per heavy atom. The molecule has 0 heterocycles. The van der Waals surface area contributed by atoms with Crippen LogP contribution >= 0.6 is 0 Å². The SMILES string of the molecule is COCCC(C)NCC1CCCCC1CO. The number of hydrogen-bond acceptors (Lipinski definition) is 3. The maximum absolute atomic E-state index is 9.32. The molecule has 2 N–H and O–H groups in total. The van der Waals surface area contributed by atoms with E-state index in [1.165, 1.54) is 25.7 Å². The van der Waals surface area contributed by atoms with Crippen LogP contribution in [0.5, 0.6) is 0 Å². The molecule has 16 heavy (non-hydrogen) atoms. The van der Waals surface area contributed by atoms with Crippen LogP contribution in [0.3, 0.4) is 0 Å². The average molecular weight is 229 g/mol. The molecule has 0 aromatic heterocycles. The minimum atomic E-state index is 0.360. The molecular formula is C13H27NO2. The molecule has 0 amide bonds. The van der Waals surface area contributed by atoms with E-state index in [1.807, 2.05) is 0 Å². The Hall–Kier alpha value is -0.120. The zero-order valence-electron chi connectivity index (χ0n) is 10.7. The van der Waals surface area contributed by atoms with Crippen LogP contribution in [0.15, 0.2) is 0 Å². The highest BCUT2D eigenvalue weighted by Gasteiger charge is 2.24. The molecule has 1 fully saturated rings. The number of nitrogens with one attached hydrogen (secondary N) is 1. The van der Waals surface area contributed by atoms with Crippen LogP contribution in [-0.4, -0.2) is 38.0 Å². The number of aliphatic hydroxyl groups is 1. The van der Waals surface area contributed by atoms with Gasteiger partial charge in [0.05, 0.1) is 0 Å². The zero-order chi connectivity index (χ0) is 11.8. The largest absolute Gasteiger partial charge is 0.396 e. The summed E-state index contributed by atoms with van der Waals surface area (Å²) in [6.45, 7) is 4.44. The van der Waals surface area contributed by atoms with E-state index in [-0.39, 0.29) is 0 Å². The van der Waals surface area contributed by atoms with E-state index in [0.29, 0.717) is 24.5 Å². The maximum atomic E-state index is 9.32. The monoisotopic (exact) mass is 229 g/mol. The molecule has 3 nitrogen and oxygen atoms in total. The van der Waals surface area contributed by atoms with Gasteiger partial charge in [-0.1, -0.05) is 12.8 Å². The molecule has 0 aliphatic heterocycles. The van der Waals surface area contributed by atoms with Crippen molar-refractivity contribution < 1.29 is 9.84 Å². The number of rotatable bonds is 7. The van der Waals surface area contributed by atoms with Crippen LogP contribution in [0.1, 0.15) is 39.0 Å². The molecule has 1 aliphatic rings. The van der Waals surface area contributed by atoms with E-state index in [4.69, 9.17) is 4.74 Å². The third kappa shape index (κ3) is 4.81. The quantitative estimate of drug-likeness (QED) is 0.699. The van der Waals surface area contributed by atoms with Gasteiger partial charge in [0.15, 0.2) is 0 Å². The second kappa shape index (κ2) is 8.04. The fraction of sp³-hybridized carbons (Fsp3) is 1.00. The molecule has 0 aromatic carbocycles. The van der Waals surface area contributed by atoms with Gasteiger partial charge >= 0.3 is 0 Å². The Bertz CT molecular complexity index is 175. The molecule has 3 unspecified atom stereocenters. The molecule has 1 aliphatic carbocycles. The number of ether oxygens (including phenoxy) is 1. The van der Waals surface area contributed by atoms with Crippen molar-refractivity contribution in [1.29, 1.82) is 0 Å². The Morgan fingerprint density at radius 3 is 2.62 bits per heavy atom. The molecule has 0 bridgehead atoms. The summed E-state index contributed by atoms with van der Waals surface area (Å²) in [7, 11) is 1.75. The standard InChI is InChI=1S/C13H27NO2/c1-11(7-8-16-2)14-9-12-5-3-4-6-13(12)10-15/h11-15H,3-10H2,1-2H3. The van der Waals surface area contributed by atoms with E-state index in [0.717, 1.165) is 19.6 Å². The summed E-state index contributed by atoms with van der Waals surface area (Å²) in [5, 5.41) is 12.9. The second-order valence-electron chi connectivity index (χ2n) is 5.08. The van der Waals surface area contributed by atoms with Crippen molar-refractivity contribution in [3.05, 3.63) is 0 Å². The van der Waals surface area contributed by atoms with Crippen molar-refractivity contribution in [3.8, 4) is 0 Å². The van der Waals surface area contributed by atoms with Gasteiger partial charge in [-0.25, -0.2) is 0 Å². The lowest BCUT2D eigenvalue weighted by Crippen LogP contribution is -2.37. The van der Waals surface area contributed by atoms with Crippen molar-refractivity contribution >= 4 is 0 Å². The highest BCUT2D eigenvalue weighted by molar-refractivity contribution is 4.77. The van der Waals surface area contributed by atoms with Crippen LogP contribution in [0, 0.1) is 11.8 Å². The fourth-order valence-corrected chi connectivity index (χ4v) is 2.54. The van der Waals surface area contributed by atoms with E-state index >= 15 is 0 Å². The molecule has 1 rings (SSSR count). The lowest BCUT2D eigenvalue weighted by atomic mass is 9.79. The first-order chi connectivity index (χ1) is 7.77. The van der Waals surface area contributed by atoms with Gasteiger partial charge in [-0.3, -0.25) is 0 Å². The van der Waals surface area contributed by atoms with Gasteiger partial charge in [0, 0.05) is 26.4 Å². The van der Waals surface area contributed by atoms with E-state index in [9.17, 15) is 5.11 Å². The molecule has 0 saturated heterocycles. The summed E-state index contributed by atoms with van der Waals surface area (Å²) < 4.78 is 5.07. The van der Waals surface area contributed by atoms with Crippen molar-refractivity contribution in [2.24, 2.45) is 11.8 Å². The van der Waals surface area contributed by atoms with E-state index in [2.05, 4.69) is 12.2 Å². The minimum Gasteiger partial charge on any atom is -0.396 e. The van der Waals surface area contributed by atoms with Crippen LogP contribution in [0.2, 0.25) is 0 Å². The summed E-state index contributed by atoms with van der Waals surface area (Å²) in [5.41, 5.74) is 0. The van der Waals surface area contributed by atoms with Gasteiger partial charge in [-0.15, -0.1) is 0 Å². The molecule has 96 valence electrons. The second-order valence-corrected chi connectivity index (χ2v) is 5.08. The first-order valence-corrected chi connectivity index (χ1v) is 6.61. The van der Waals surface area contributed by atoms with Gasteiger partial charge in [0.1, 0.15) is 0 Å². The van der Waals surface area contributed by atoms with Crippen LogP contribution in [0.4, 0.5) is 0 Å². The van der Waals surface area contributed by atoms with Crippen molar-refractivity contribution in [2.75, 3.05) is 26.9 Å². The topological polar surface area (TPSA) is 41.5 Å². The van der Waals surface area contributed by atoms with Crippen molar-refractivity contribution in [1.82, 2.24) is 5.32 Å². The van der Waals surface area contributed by atoms with E-state index < -0.39 is 0 Å². The Labute approximate surface area is 99.6 Å². The third-order valence-corrected chi connectivity index (χ3v) is 3.78. The number of hydrogen-bond donors (Lipinski definition) is 2. The first-order valence-electron chi connectivity index (χ1n) is 6.61. The lowest BCUT2D eigenvalue weighted by molar-refractivity contribution is 0.128. The predicted octanol–water partition coefficient (Wildman–Crippen LogP) is 1.80. The highest BCUT2D eigenvalue weighted by atomic mass is 16.5. The number of aliphatic hydroxyl groups excluding tert-OH is 1. The van der Waals surface area contributed by atoms with Gasteiger partial charge in [0.2, 0.25) is 0 Å². The predicted molar refractivity (Wildman–Crippen MR) is 66.5 cm³/mol. The molecular weight excluding hydrogens is 202 g/mol. The summed E-state index contributed by atoms with van der Waals surface area (Å²) in [6, 6.07) is 0.515. The maximum Gasteiger partial charge on any atom is 0.0476 e. The summed E-state index contributed by atoms with van der Waals surface area (Å²) >= 11 is 0. The Kier molecular flexibility index (Phi) is 7.01. The van der Waals surface area contributed by atoms with Crippen LogP contribution < -0.4 is 5.32 Å². The molecule has 1 saturated carbocycles. The van der Waals surface area contributed by atoms with Crippen LogP contribution in [0.25, 0.3) is 0 Å². The molecule has 0 aromatic rings. The number of methoxy groups -OCH3 is 1. The fourth-order valence-electron chi connectivity index (χ4n) is 2.54. The molecule has 0 radical (unpaired) electrons. The molecule has 3 heteroatoms. The van der Waals surface area contributed by atoms with E-state index in [1.54, 1.807) is 7.11 Å². The third-order valence-electron chi connectivity index (χ3n) is 3.78. The normalized spacial score (nSPS) is 27.9. The van der Waals surface area contributed by atoms with Gasteiger partial charge in [0.25, 0.3) is 0 Å². The van der Waals surface area contributed by atoms with Gasteiger partial charge in [-0.05, 0) is 44.6 Å². The Morgan fingerprint density at radius 2 is 2.00 bits per heavy atom. The average Bonchev–Trinajstić information content (AvgIpc) is 2.34. The summed E-state index contributed by atoms with van der Waals surface area (Å²) in [5.74, 6) is 1.19. The van der Waals surface area contributed by atoms with Gasteiger partial charge < -0.3 is 15.2 Å². The highest BCUT2D eigenvalue weighted by Crippen LogP contribution is 2.29. The first kappa shape index (κ1) is 13.9. The Balaban J connectivity index is 2.18. The molecule has 3 atom stereocenters. The smallest absolute Gasteiger partial charge is 0.0476 e. The summed E-state index contributed by atoms with van der Waals surface area (Å²) in [4.78, 5) is 0. The van der Waals surface area contributed by atoms with Crippen molar-refractivity contribution in [3.63, 3.8) is 0 Å².